The first-order valence-corrected chi connectivity index (χ1v) is 5.97. The van der Waals surface area contributed by atoms with Crippen molar-refractivity contribution in [2.45, 2.75) is 19.3 Å². The number of halogens is 2. The zero-order valence-electron chi connectivity index (χ0n) is 10.1. The minimum Gasteiger partial charge on any atom is -0.384 e. The number of fused-ring (bicyclic) bond motifs is 1. The quantitative estimate of drug-likeness (QED) is 0.901. The second kappa shape index (κ2) is 4.72. The summed E-state index contributed by atoms with van der Waals surface area (Å²) in [6, 6.07) is 8.50. The van der Waals surface area contributed by atoms with E-state index in [1.165, 1.54) is 0 Å². The molecule has 1 atom stereocenters. The Morgan fingerprint density at radius 2 is 1.58 bits per heavy atom. The van der Waals surface area contributed by atoms with Gasteiger partial charge in [-0.1, -0.05) is 18.2 Å². The van der Waals surface area contributed by atoms with E-state index in [2.05, 4.69) is 0 Å². The second-order valence-corrected chi connectivity index (χ2v) is 4.63. The van der Waals surface area contributed by atoms with E-state index in [4.69, 9.17) is 4.74 Å². The van der Waals surface area contributed by atoms with E-state index < -0.39 is 17.7 Å². The molecular weight excluding hydrogens is 250 g/mol. The molecule has 4 heteroatoms. The van der Waals surface area contributed by atoms with Gasteiger partial charge in [-0.05, 0) is 34.4 Å². The summed E-state index contributed by atoms with van der Waals surface area (Å²) in [5, 5.41) is 10.2. The van der Waals surface area contributed by atoms with Crippen LogP contribution in [0.3, 0.4) is 0 Å². The van der Waals surface area contributed by atoms with Crippen molar-refractivity contribution >= 4 is 0 Å². The molecule has 2 aromatic rings. The number of rotatable bonds is 2. The van der Waals surface area contributed by atoms with E-state index in [-0.39, 0.29) is 5.56 Å². The van der Waals surface area contributed by atoms with Crippen LogP contribution < -0.4 is 0 Å². The molecule has 1 N–H and O–H groups in total. The molecule has 0 spiro atoms. The van der Waals surface area contributed by atoms with Crippen molar-refractivity contribution in [2.75, 3.05) is 0 Å². The van der Waals surface area contributed by atoms with Crippen molar-refractivity contribution in [1.82, 2.24) is 0 Å². The summed E-state index contributed by atoms with van der Waals surface area (Å²) in [4.78, 5) is 0. The highest BCUT2D eigenvalue weighted by Crippen LogP contribution is 2.28. The van der Waals surface area contributed by atoms with Crippen molar-refractivity contribution in [2.24, 2.45) is 0 Å². The van der Waals surface area contributed by atoms with Gasteiger partial charge in [0.2, 0.25) is 0 Å². The Morgan fingerprint density at radius 3 is 2.32 bits per heavy atom. The van der Waals surface area contributed by atoms with Gasteiger partial charge in [0.25, 0.3) is 0 Å². The van der Waals surface area contributed by atoms with Crippen molar-refractivity contribution in [3.8, 4) is 0 Å². The summed E-state index contributed by atoms with van der Waals surface area (Å²) >= 11 is 0. The lowest BCUT2D eigenvalue weighted by molar-refractivity contribution is 0.134. The Kier molecular flexibility index (Phi) is 3.05. The molecule has 0 fully saturated rings. The Balaban J connectivity index is 1.97. The minimum absolute atomic E-state index is 0.205. The highest BCUT2D eigenvalue weighted by molar-refractivity contribution is 5.38. The van der Waals surface area contributed by atoms with E-state index in [1.54, 1.807) is 6.07 Å². The van der Waals surface area contributed by atoms with Crippen LogP contribution in [0.15, 0.2) is 36.4 Å². The maximum Gasteiger partial charge on any atom is 0.126 e. The maximum absolute atomic E-state index is 13.2. The summed E-state index contributed by atoms with van der Waals surface area (Å²) in [6.45, 7) is 1.08. The van der Waals surface area contributed by atoms with Gasteiger partial charge < -0.3 is 9.84 Å². The zero-order valence-corrected chi connectivity index (χ0v) is 10.1. The molecule has 0 aromatic heterocycles. The van der Waals surface area contributed by atoms with E-state index >= 15 is 0 Å². The normalized spacial score (nSPS) is 15.3. The molecule has 0 saturated carbocycles. The third kappa shape index (κ3) is 2.37. The van der Waals surface area contributed by atoms with Crippen LogP contribution in [-0.4, -0.2) is 5.11 Å². The third-order valence-corrected chi connectivity index (χ3v) is 3.26. The van der Waals surface area contributed by atoms with Gasteiger partial charge in [-0.15, -0.1) is 0 Å². The van der Waals surface area contributed by atoms with Gasteiger partial charge in [-0.3, -0.25) is 0 Å². The topological polar surface area (TPSA) is 29.5 Å². The molecule has 0 bridgehead atoms. The lowest BCUT2D eigenvalue weighted by atomic mass is 9.98. The van der Waals surface area contributed by atoms with Gasteiger partial charge in [0.1, 0.15) is 17.7 Å². The maximum atomic E-state index is 13.2. The van der Waals surface area contributed by atoms with E-state index in [1.807, 2.05) is 12.1 Å². The molecule has 0 amide bonds. The summed E-state index contributed by atoms with van der Waals surface area (Å²) < 4.78 is 31.6. The van der Waals surface area contributed by atoms with E-state index in [0.717, 1.165) is 29.3 Å². The fourth-order valence-corrected chi connectivity index (χ4v) is 2.29. The van der Waals surface area contributed by atoms with Crippen molar-refractivity contribution in [3.63, 3.8) is 0 Å². The Hall–Kier alpha value is -1.78. The third-order valence-electron chi connectivity index (χ3n) is 3.26. The smallest absolute Gasteiger partial charge is 0.126 e. The predicted octanol–water partition coefficient (Wildman–Crippen LogP) is 3.08. The van der Waals surface area contributed by atoms with Gasteiger partial charge in [-0.25, -0.2) is 8.78 Å². The molecular formula is C15H12F2O2. The summed E-state index contributed by atoms with van der Waals surface area (Å²) in [7, 11) is 0. The number of benzene rings is 2. The summed E-state index contributed by atoms with van der Waals surface area (Å²) in [5.74, 6) is -1.39. The van der Waals surface area contributed by atoms with Crippen LogP contribution >= 0.6 is 0 Å². The number of aliphatic hydroxyl groups excluding tert-OH is 1. The van der Waals surface area contributed by atoms with Crippen LogP contribution in [0.1, 0.15) is 28.4 Å². The lowest BCUT2D eigenvalue weighted by Gasteiger charge is -2.13. The molecule has 98 valence electrons. The highest BCUT2D eigenvalue weighted by atomic mass is 19.1. The first-order chi connectivity index (χ1) is 9.13. The van der Waals surface area contributed by atoms with Gasteiger partial charge in [0.05, 0.1) is 13.2 Å². The average molecular weight is 262 g/mol. The van der Waals surface area contributed by atoms with Crippen LogP contribution in [0.4, 0.5) is 8.78 Å². The molecule has 1 unspecified atom stereocenters. The van der Waals surface area contributed by atoms with Crippen LogP contribution in [0, 0.1) is 11.6 Å². The Morgan fingerprint density at radius 1 is 0.895 bits per heavy atom. The molecule has 0 saturated heterocycles. The van der Waals surface area contributed by atoms with E-state index in [0.29, 0.717) is 18.8 Å². The molecule has 2 aromatic carbocycles. The van der Waals surface area contributed by atoms with Crippen molar-refractivity contribution in [1.29, 1.82) is 0 Å². The molecule has 1 aliphatic rings. The number of aliphatic hydroxyl groups is 1. The standard InChI is InChI=1S/C15H12F2O2/c16-13-4-11(5-14(17)6-13)15(18)9-1-2-10-7-19-8-12(10)3-9/h1-6,15,18H,7-8H2. The predicted molar refractivity (Wildman–Crippen MR) is 65.4 cm³/mol. The number of ether oxygens (including phenoxy) is 1. The number of hydrogen-bond acceptors (Lipinski definition) is 2. The summed E-state index contributed by atoms with van der Waals surface area (Å²) in [5.41, 5.74) is 2.90. The average Bonchev–Trinajstić information content (AvgIpc) is 2.83. The largest absolute Gasteiger partial charge is 0.384 e. The molecule has 1 aliphatic heterocycles. The first kappa shape index (κ1) is 12.3. The second-order valence-electron chi connectivity index (χ2n) is 4.63. The Bertz CT molecular complexity index is 605. The van der Waals surface area contributed by atoms with E-state index in [9.17, 15) is 13.9 Å². The van der Waals surface area contributed by atoms with Crippen molar-refractivity contribution in [3.05, 3.63) is 70.3 Å². The SMILES string of the molecule is OC(c1cc(F)cc(F)c1)c1ccc2c(c1)COC2. The minimum atomic E-state index is -1.05. The lowest BCUT2D eigenvalue weighted by Crippen LogP contribution is -2.02. The van der Waals surface area contributed by atoms with Crippen LogP contribution in [0.25, 0.3) is 0 Å². The number of hydrogen-bond donors (Lipinski definition) is 1. The van der Waals surface area contributed by atoms with Gasteiger partial charge in [-0.2, -0.15) is 0 Å². The van der Waals surface area contributed by atoms with Crippen molar-refractivity contribution < 1.29 is 18.6 Å². The molecule has 3 rings (SSSR count). The van der Waals surface area contributed by atoms with Crippen LogP contribution in [-0.2, 0) is 18.0 Å². The summed E-state index contributed by atoms with van der Waals surface area (Å²) in [6.07, 6.45) is -1.05. The Labute approximate surface area is 109 Å². The molecule has 2 nitrogen and oxygen atoms in total. The van der Waals surface area contributed by atoms with Gasteiger partial charge in [0.15, 0.2) is 0 Å². The molecule has 0 aliphatic carbocycles. The van der Waals surface area contributed by atoms with Gasteiger partial charge in [0, 0.05) is 6.07 Å². The van der Waals surface area contributed by atoms with Crippen LogP contribution in [0.5, 0.6) is 0 Å². The first-order valence-electron chi connectivity index (χ1n) is 5.97. The highest BCUT2D eigenvalue weighted by Gasteiger charge is 2.17. The zero-order chi connectivity index (χ0) is 13.4. The monoisotopic (exact) mass is 262 g/mol. The van der Waals surface area contributed by atoms with Crippen LogP contribution in [0.2, 0.25) is 0 Å². The fourth-order valence-electron chi connectivity index (χ4n) is 2.29. The fraction of sp³-hybridized carbons (Fsp3) is 0.200. The van der Waals surface area contributed by atoms with Gasteiger partial charge >= 0.3 is 0 Å². The molecule has 19 heavy (non-hydrogen) atoms. The molecule has 1 heterocycles. The molecule has 0 radical (unpaired) electrons.